The lowest BCUT2D eigenvalue weighted by molar-refractivity contribution is -0.577. The van der Waals surface area contributed by atoms with E-state index in [1.165, 1.54) is 9.58 Å². The van der Waals surface area contributed by atoms with Crippen molar-refractivity contribution in [3.63, 3.8) is 0 Å². The fourth-order valence-electron chi connectivity index (χ4n) is 3.91. The Morgan fingerprint density at radius 2 is 1.70 bits per heavy atom. The third-order valence-electron chi connectivity index (χ3n) is 5.52. The molecule has 33 heavy (non-hydrogen) atoms. The number of nitrogens with zero attached hydrogens (tertiary/aromatic N) is 4. The Labute approximate surface area is 197 Å². The van der Waals surface area contributed by atoms with E-state index in [9.17, 15) is 14.7 Å². The molecule has 1 aliphatic heterocycles. The maximum absolute atomic E-state index is 13.6. The molecule has 0 saturated carbocycles. The number of aromatic nitrogens is 3. The van der Waals surface area contributed by atoms with E-state index >= 15 is 0 Å². The summed E-state index contributed by atoms with van der Waals surface area (Å²) in [6.07, 6.45) is 3.88. The van der Waals surface area contributed by atoms with Gasteiger partial charge in [-0.25, -0.2) is 4.68 Å². The van der Waals surface area contributed by atoms with Crippen LogP contribution in [0.1, 0.15) is 37.6 Å². The number of carbonyl (C=O) groups is 2. The predicted molar refractivity (Wildman–Crippen MR) is 123 cm³/mol. The molecule has 2 aromatic heterocycles. The Balaban J connectivity index is 1.96. The fourth-order valence-corrected chi connectivity index (χ4v) is 4.04. The van der Waals surface area contributed by atoms with Gasteiger partial charge in [-0.2, -0.15) is 9.67 Å². The van der Waals surface area contributed by atoms with Crippen molar-refractivity contribution in [2.75, 3.05) is 6.54 Å². The molecule has 7 nitrogen and oxygen atoms in total. The van der Waals surface area contributed by atoms with E-state index < -0.39 is 17.7 Å². The third-order valence-corrected chi connectivity index (χ3v) is 5.77. The van der Waals surface area contributed by atoms with E-state index in [0.717, 1.165) is 5.56 Å². The predicted octanol–water partition coefficient (Wildman–Crippen LogP) is 3.15. The summed E-state index contributed by atoms with van der Waals surface area (Å²) in [6, 6.07) is 10.4. The lowest BCUT2D eigenvalue weighted by Crippen LogP contribution is -2.40. The molecule has 4 rings (SSSR count). The van der Waals surface area contributed by atoms with Crippen molar-refractivity contribution in [2.24, 2.45) is 5.92 Å². The van der Waals surface area contributed by atoms with Crippen molar-refractivity contribution in [3.8, 4) is 11.6 Å². The lowest BCUT2D eigenvalue weighted by Gasteiger charge is -2.17. The standard InChI is InChI=1S/C25H25ClN4O3/c1-5-19-20(24(32)30(27-19)18-8-6-17(26)7-9-18)21-22(28-12-10-16(4)11-13-28)25(33)29(23(21)31)14-15(2)3/h6-13,15H,5,14H2,1-4H3. The minimum Gasteiger partial charge on any atom is -0.858 e. The third kappa shape index (κ3) is 4.04. The van der Waals surface area contributed by atoms with E-state index in [1.54, 1.807) is 41.2 Å². The van der Waals surface area contributed by atoms with Crippen molar-refractivity contribution in [1.82, 2.24) is 14.7 Å². The lowest BCUT2D eigenvalue weighted by atomic mass is 10.0. The van der Waals surface area contributed by atoms with Gasteiger partial charge in [0.25, 0.3) is 11.6 Å². The smallest absolute Gasteiger partial charge is 0.326 e. The zero-order valence-electron chi connectivity index (χ0n) is 19.0. The van der Waals surface area contributed by atoms with E-state index in [-0.39, 0.29) is 29.3 Å². The van der Waals surface area contributed by atoms with Crippen molar-refractivity contribution in [1.29, 1.82) is 0 Å². The molecule has 0 aliphatic carbocycles. The first-order valence-electron chi connectivity index (χ1n) is 10.9. The molecule has 0 radical (unpaired) electrons. The van der Waals surface area contributed by atoms with Crippen LogP contribution in [0, 0.1) is 12.8 Å². The number of hydrogen-bond acceptors (Lipinski definition) is 4. The summed E-state index contributed by atoms with van der Waals surface area (Å²) in [5.74, 6) is -1.25. The molecule has 2 amide bonds. The number of carbonyl (C=O) groups excluding carboxylic acids is 2. The summed E-state index contributed by atoms with van der Waals surface area (Å²) in [4.78, 5) is 28.2. The van der Waals surface area contributed by atoms with Crippen molar-refractivity contribution in [2.45, 2.75) is 34.1 Å². The fraction of sp³-hybridized carbons (Fsp3) is 0.280. The molecule has 0 fully saturated rings. The summed E-state index contributed by atoms with van der Waals surface area (Å²) >= 11 is 5.99. The van der Waals surface area contributed by atoms with E-state index in [4.69, 9.17) is 11.6 Å². The molecule has 0 saturated heterocycles. The summed E-state index contributed by atoms with van der Waals surface area (Å²) in [5, 5.41) is 18.6. The summed E-state index contributed by atoms with van der Waals surface area (Å²) in [5.41, 5.74) is 2.44. The van der Waals surface area contributed by atoms with Gasteiger partial charge in [0.2, 0.25) is 0 Å². The minimum absolute atomic E-state index is 0.0793. The second-order valence-electron chi connectivity index (χ2n) is 8.49. The van der Waals surface area contributed by atoms with Crippen LogP contribution in [-0.4, -0.2) is 33.0 Å². The van der Waals surface area contributed by atoms with E-state index in [1.807, 2.05) is 39.8 Å². The Hall–Kier alpha value is -3.45. The molecular weight excluding hydrogens is 440 g/mol. The topological polar surface area (TPSA) is 82.1 Å². The van der Waals surface area contributed by atoms with Crippen LogP contribution in [0.15, 0.2) is 48.8 Å². The Morgan fingerprint density at radius 3 is 2.27 bits per heavy atom. The van der Waals surface area contributed by atoms with Gasteiger partial charge in [0.05, 0.1) is 11.4 Å². The number of amides is 2. The quantitative estimate of drug-likeness (QED) is 0.414. The summed E-state index contributed by atoms with van der Waals surface area (Å²) in [6.45, 7) is 7.94. The van der Waals surface area contributed by atoms with Crippen molar-refractivity contribution >= 4 is 34.7 Å². The summed E-state index contributed by atoms with van der Waals surface area (Å²) in [7, 11) is 0. The zero-order valence-corrected chi connectivity index (χ0v) is 19.8. The normalized spacial score (nSPS) is 14.2. The van der Waals surface area contributed by atoms with E-state index in [2.05, 4.69) is 5.10 Å². The second-order valence-corrected chi connectivity index (χ2v) is 8.93. The highest BCUT2D eigenvalue weighted by Crippen LogP contribution is 2.37. The minimum atomic E-state index is -0.473. The van der Waals surface area contributed by atoms with Gasteiger partial charge in [0.15, 0.2) is 12.4 Å². The molecule has 0 unspecified atom stereocenters. The van der Waals surface area contributed by atoms with Gasteiger partial charge in [0.1, 0.15) is 5.57 Å². The van der Waals surface area contributed by atoms with Crippen LogP contribution in [-0.2, 0) is 16.0 Å². The van der Waals surface area contributed by atoms with Crippen molar-refractivity contribution in [3.05, 3.63) is 70.6 Å². The molecule has 3 heterocycles. The highest BCUT2D eigenvalue weighted by atomic mass is 35.5. The van der Waals surface area contributed by atoms with Gasteiger partial charge in [-0.3, -0.25) is 14.5 Å². The van der Waals surface area contributed by atoms with Crippen LogP contribution in [0.4, 0.5) is 0 Å². The Kier molecular flexibility index (Phi) is 6.08. The first-order valence-corrected chi connectivity index (χ1v) is 11.2. The zero-order chi connectivity index (χ0) is 23.9. The molecule has 0 spiro atoms. The molecule has 0 bridgehead atoms. The van der Waals surface area contributed by atoms with Crippen LogP contribution in [0.3, 0.4) is 0 Å². The number of halogens is 1. The van der Waals surface area contributed by atoms with Crippen LogP contribution in [0.5, 0.6) is 5.88 Å². The average molecular weight is 465 g/mol. The van der Waals surface area contributed by atoms with Crippen LogP contribution >= 0.6 is 11.6 Å². The number of hydrogen-bond donors (Lipinski definition) is 0. The highest BCUT2D eigenvalue weighted by Gasteiger charge is 2.46. The van der Waals surface area contributed by atoms with Crippen LogP contribution in [0.25, 0.3) is 17.0 Å². The number of rotatable bonds is 6. The molecule has 0 atom stereocenters. The maximum Gasteiger partial charge on any atom is 0.326 e. The molecule has 0 N–H and O–H groups in total. The van der Waals surface area contributed by atoms with E-state index in [0.29, 0.717) is 22.8 Å². The highest BCUT2D eigenvalue weighted by molar-refractivity contribution is 6.45. The molecule has 1 aliphatic rings. The molecule has 3 aromatic rings. The van der Waals surface area contributed by atoms with Gasteiger partial charge < -0.3 is 5.11 Å². The average Bonchev–Trinajstić information content (AvgIpc) is 3.23. The Morgan fingerprint density at radius 1 is 1.06 bits per heavy atom. The number of pyridine rings is 1. The van der Waals surface area contributed by atoms with Gasteiger partial charge in [0, 0.05) is 29.3 Å². The molecule has 1 aromatic carbocycles. The van der Waals surface area contributed by atoms with Gasteiger partial charge in [-0.05, 0) is 55.0 Å². The van der Waals surface area contributed by atoms with Crippen LogP contribution in [0.2, 0.25) is 5.02 Å². The van der Waals surface area contributed by atoms with Crippen LogP contribution < -0.4 is 9.67 Å². The van der Waals surface area contributed by atoms with Gasteiger partial charge >= 0.3 is 5.91 Å². The summed E-state index contributed by atoms with van der Waals surface area (Å²) < 4.78 is 2.87. The van der Waals surface area contributed by atoms with Gasteiger partial charge in [-0.15, -0.1) is 0 Å². The Bertz CT molecular complexity index is 1260. The molecule has 8 heteroatoms. The largest absolute Gasteiger partial charge is 0.858 e. The number of imide groups is 1. The molecule has 170 valence electrons. The van der Waals surface area contributed by atoms with Gasteiger partial charge in [-0.1, -0.05) is 32.4 Å². The number of benzene rings is 1. The maximum atomic E-state index is 13.6. The SMILES string of the molecule is CCc1nn(-c2ccc(Cl)cc2)c([O-])c1C1=C([n+]2ccc(C)cc2)C(=O)N(CC(C)C)C1=O. The first-order chi connectivity index (χ1) is 15.7. The van der Waals surface area contributed by atoms with Crippen molar-refractivity contribution < 1.29 is 19.3 Å². The molecular formula is C25H25ClN4O3. The second kappa shape index (κ2) is 8.83. The monoisotopic (exact) mass is 464 g/mol. The first kappa shape index (κ1) is 22.7. The number of aryl methyl sites for hydroxylation is 2.